The molecule has 8 heteroatoms. The van der Waals surface area contributed by atoms with Gasteiger partial charge in [0.1, 0.15) is 17.6 Å². The number of aliphatic hydroxyl groups excluding tert-OH is 1. The van der Waals surface area contributed by atoms with Gasteiger partial charge in [-0.2, -0.15) is 0 Å². The topological polar surface area (TPSA) is 90.4 Å². The molecule has 0 bridgehead atoms. The molecule has 3 heterocycles. The Morgan fingerprint density at radius 3 is 2.65 bits per heavy atom. The first-order valence-corrected chi connectivity index (χ1v) is 11.3. The minimum Gasteiger partial charge on any atom is -0.507 e. The third-order valence-electron chi connectivity index (χ3n) is 6.88. The number of benzene rings is 2. The zero-order valence-electron chi connectivity index (χ0n) is 19.7. The molecule has 34 heavy (non-hydrogen) atoms. The molecule has 1 spiro atoms. The Morgan fingerprint density at radius 1 is 1.18 bits per heavy atom. The van der Waals surface area contributed by atoms with Gasteiger partial charge in [-0.3, -0.25) is 14.4 Å². The van der Waals surface area contributed by atoms with E-state index in [1.54, 1.807) is 49.5 Å². The summed E-state index contributed by atoms with van der Waals surface area (Å²) in [5.74, 6) is -1.72. The molecular weight excluding hydrogens is 434 g/mol. The van der Waals surface area contributed by atoms with Gasteiger partial charge >= 0.3 is 0 Å². The SMILES string of the molecule is C[C@H]1Cc2cc(C(O)=C3C(=O)C(=O)N(CCN(C)C)[C@@]34C(=O)N(C)c3ccccc34)ccc2O1. The van der Waals surface area contributed by atoms with Crippen LogP contribution >= 0.6 is 0 Å². The summed E-state index contributed by atoms with van der Waals surface area (Å²) in [4.78, 5) is 45.4. The van der Waals surface area contributed by atoms with E-state index in [1.807, 2.05) is 25.9 Å². The zero-order valence-corrected chi connectivity index (χ0v) is 19.7. The molecule has 8 nitrogen and oxygen atoms in total. The van der Waals surface area contributed by atoms with Crippen molar-refractivity contribution in [1.82, 2.24) is 9.80 Å². The number of carbonyl (C=O) groups is 3. The number of ketones is 1. The van der Waals surface area contributed by atoms with E-state index < -0.39 is 23.1 Å². The molecule has 0 aliphatic carbocycles. The lowest BCUT2D eigenvalue weighted by molar-refractivity contribution is -0.143. The first-order chi connectivity index (χ1) is 16.2. The predicted molar refractivity (Wildman–Crippen MR) is 127 cm³/mol. The number of likely N-dealkylation sites (N-methyl/N-ethyl adjacent to an activating group) is 2. The lowest BCUT2D eigenvalue weighted by Gasteiger charge is -2.34. The van der Waals surface area contributed by atoms with E-state index in [4.69, 9.17) is 4.74 Å². The molecule has 2 amide bonds. The third-order valence-corrected chi connectivity index (χ3v) is 6.88. The van der Waals surface area contributed by atoms with Gasteiger partial charge in [-0.25, -0.2) is 0 Å². The van der Waals surface area contributed by atoms with Crippen molar-refractivity contribution in [2.24, 2.45) is 0 Å². The van der Waals surface area contributed by atoms with Crippen LogP contribution in [0.25, 0.3) is 5.76 Å². The van der Waals surface area contributed by atoms with Crippen LogP contribution < -0.4 is 9.64 Å². The van der Waals surface area contributed by atoms with Crippen LogP contribution in [0.5, 0.6) is 5.75 Å². The Hall–Kier alpha value is -3.65. The minimum absolute atomic E-state index is 0.0135. The molecule has 5 rings (SSSR count). The van der Waals surface area contributed by atoms with E-state index in [0.29, 0.717) is 29.8 Å². The highest BCUT2D eigenvalue weighted by molar-refractivity contribution is 6.50. The molecule has 0 radical (unpaired) electrons. The largest absolute Gasteiger partial charge is 0.507 e. The summed E-state index contributed by atoms with van der Waals surface area (Å²) in [7, 11) is 5.33. The van der Waals surface area contributed by atoms with Gasteiger partial charge in [-0.1, -0.05) is 18.2 Å². The molecule has 0 unspecified atom stereocenters. The monoisotopic (exact) mass is 461 g/mol. The van der Waals surface area contributed by atoms with Crippen LogP contribution in [0, 0.1) is 0 Å². The highest BCUT2D eigenvalue weighted by Gasteiger charge is 2.66. The van der Waals surface area contributed by atoms with Crippen LogP contribution in [0.1, 0.15) is 23.6 Å². The van der Waals surface area contributed by atoms with Crippen molar-refractivity contribution in [1.29, 1.82) is 0 Å². The normalized spacial score (nSPS) is 24.9. The van der Waals surface area contributed by atoms with Crippen LogP contribution in [0.4, 0.5) is 5.69 Å². The number of ether oxygens (including phenoxy) is 1. The Balaban J connectivity index is 1.76. The van der Waals surface area contributed by atoms with E-state index in [9.17, 15) is 19.5 Å². The second-order valence-electron chi connectivity index (χ2n) is 9.36. The van der Waals surface area contributed by atoms with Gasteiger partial charge in [0.05, 0.1) is 5.57 Å². The Labute approximate surface area is 198 Å². The van der Waals surface area contributed by atoms with Gasteiger partial charge in [-0.05, 0) is 50.8 Å². The maximum atomic E-state index is 13.9. The van der Waals surface area contributed by atoms with Crippen LogP contribution in [0.15, 0.2) is 48.0 Å². The molecule has 2 aromatic rings. The number of para-hydroxylation sites is 1. The first-order valence-electron chi connectivity index (χ1n) is 11.3. The predicted octanol–water partition coefficient (Wildman–Crippen LogP) is 2.12. The summed E-state index contributed by atoms with van der Waals surface area (Å²) < 4.78 is 5.76. The van der Waals surface area contributed by atoms with Crippen molar-refractivity contribution < 1.29 is 24.2 Å². The van der Waals surface area contributed by atoms with Gasteiger partial charge in [0.15, 0.2) is 5.54 Å². The fraction of sp³-hybridized carbons (Fsp3) is 0.346. The second kappa shape index (κ2) is 7.70. The first kappa shape index (κ1) is 22.2. The van der Waals surface area contributed by atoms with E-state index >= 15 is 0 Å². The lowest BCUT2D eigenvalue weighted by Crippen LogP contribution is -2.52. The standard InChI is InChI=1S/C26H27N3O5/c1-15-13-17-14-16(9-10-20(17)34-15)22(30)21-23(31)24(32)29(12-11-27(2)3)26(21)18-7-5-6-8-19(18)28(4)25(26)33/h5-10,14-15,30H,11-13H2,1-4H3/t15-,26+/m0/s1. The molecule has 3 aliphatic rings. The second-order valence-corrected chi connectivity index (χ2v) is 9.36. The van der Waals surface area contributed by atoms with Crippen molar-refractivity contribution in [3.8, 4) is 5.75 Å². The van der Waals surface area contributed by atoms with E-state index in [0.717, 1.165) is 11.3 Å². The van der Waals surface area contributed by atoms with Gasteiger partial charge < -0.3 is 24.5 Å². The maximum absolute atomic E-state index is 13.9. The molecule has 0 aromatic heterocycles. The molecule has 2 aromatic carbocycles. The number of fused-ring (bicyclic) bond motifs is 3. The van der Waals surface area contributed by atoms with E-state index in [-0.39, 0.29) is 24.0 Å². The lowest BCUT2D eigenvalue weighted by atomic mass is 9.81. The smallest absolute Gasteiger partial charge is 0.296 e. The molecule has 3 aliphatic heterocycles. The fourth-order valence-electron chi connectivity index (χ4n) is 5.28. The Kier molecular flexibility index (Phi) is 5.02. The van der Waals surface area contributed by atoms with Gasteiger partial charge in [0.2, 0.25) is 0 Å². The number of nitrogens with zero attached hydrogens (tertiary/aromatic N) is 3. The average Bonchev–Trinajstić information content (AvgIpc) is 3.37. The van der Waals surface area contributed by atoms with Gasteiger partial charge in [0, 0.05) is 43.4 Å². The summed E-state index contributed by atoms with van der Waals surface area (Å²) >= 11 is 0. The molecule has 176 valence electrons. The number of Topliss-reactive ketones (excluding diaryl/α,β-unsaturated/α-hetero) is 1. The summed E-state index contributed by atoms with van der Waals surface area (Å²) in [5, 5.41) is 11.5. The molecular formula is C26H27N3O5. The van der Waals surface area contributed by atoms with Crippen molar-refractivity contribution in [2.45, 2.75) is 25.0 Å². The number of hydrogen-bond acceptors (Lipinski definition) is 6. The van der Waals surface area contributed by atoms with Crippen LogP contribution in [-0.2, 0) is 26.3 Å². The Bertz CT molecular complexity index is 1270. The molecule has 1 fully saturated rings. The zero-order chi connectivity index (χ0) is 24.4. The highest BCUT2D eigenvalue weighted by atomic mass is 16.5. The molecule has 1 saturated heterocycles. The summed E-state index contributed by atoms with van der Waals surface area (Å²) in [6.07, 6.45) is 0.683. The highest BCUT2D eigenvalue weighted by Crippen LogP contribution is 2.53. The third kappa shape index (κ3) is 2.91. The van der Waals surface area contributed by atoms with Crippen LogP contribution in [0.2, 0.25) is 0 Å². The number of aliphatic hydroxyl groups is 1. The number of hydrogen-bond donors (Lipinski definition) is 1. The van der Waals surface area contributed by atoms with Crippen molar-refractivity contribution in [3.05, 3.63) is 64.7 Å². The van der Waals surface area contributed by atoms with Crippen molar-refractivity contribution >= 4 is 29.0 Å². The summed E-state index contributed by atoms with van der Waals surface area (Å²) in [6.45, 7) is 2.55. The molecule has 1 N–H and O–H groups in total. The molecule has 2 atom stereocenters. The van der Waals surface area contributed by atoms with Crippen LogP contribution in [-0.4, -0.2) is 72.8 Å². The summed E-state index contributed by atoms with van der Waals surface area (Å²) in [6, 6.07) is 12.3. The van der Waals surface area contributed by atoms with Crippen molar-refractivity contribution in [2.75, 3.05) is 39.1 Å². The van der Waals surface area contributed by atoms with Gasteiger partial charge in [-0.15, -0.1) is 0 Å². The van der Waals surface area contributed by atoms with Crippen LogP contribution in [0.3, 0.4) is 0 Å². The average molecular weight is 462 g/mol. The summed E-state index contributed by atoms with van der Waals surface area (Å²) in [5.41, 5.74) is 0.489. The quantitative estimate of drug-likeness (QED) is 0.426. The molecule has 0 saturated carbocycles. The number of anilines is 1. The number of amides is 2. The maximum Gasteiger partial charge on any atom is 0.296 e. The minimum atomic E-state index is -1.72. The van der Waals surface area contributed by atoms with Gasteiger partial charge in [0.25, 0.3) is 17.6 Å². The number of rotatable bonds is 4. The van der Waals surface area contributed by atoms with E-state index in [2.05, 4.69) is 0 Å². The Morgan fingerprint density at radius 2 is 1.91 bits per heavy atom. The van der Waals surface area contributed by atoms with Crippen molar-refractivity contribution in [3.63, 3.8) is 0 Å². The van der Waals surface area contributed by atoms with E-state index in [1.165, 1.54) is 9.80 Å². The number of carbonyl (C=O) groups excluding carboxylic acids is 3. The fourth-order valence-corrected chi connectivity index (χ4v) is 5.28. The number of likely N-dealkylation sites (tertiary alicyclic amines) is 1.